The highest BCUT2D eigenvalue weighted by Crippen LogP contribution is 2.40. The third kappa shape index (κ3) is 5.52. The molecule has 12 aromatic rings. The molecular weight excluding hydrogens is 731 g/mol. The molecule has 280 valence electrons. The van der Waals surface area contributed by atoms with Crippen molar-refractivity contribution in [3.63, 3.8) is 0 Å². The van der Waals surface area contributed by atoms with Gasteiger partial charge in [0.2, 0.25) is 0 Å². The number of hydrogen-bond acceptors (Lipinski definition) is 3. The predicted octanol–water partition coefficient (Wildman–Crippen LogP) is 13.9. The van der Waals surface area contributed by atoms with E-state index in [-0.39, 0.29) is 0 Å². The Labute approximate surface area is 346 Å². The van der Waals surface area contributed by atoms with E-state index in [2.05, 4.69) is 191 Å². The van der Waals surface area contributed by atoms with Crippen molar-refractivity contribution < 1.29 is 0 Å². The highest BCUT2D eigenvalue weighted by atomic mass is 15.0. The van der Waals surface area contributed by atoms with Crippen molar-refractivity contribution in [2.24, 2.45) is 0 Å². The van der Waals surface area contributed by atoms with E-state index in [4.69, 9.17) is 15.0 Å². The smallest absolute Gasteiger partial charge is 0.164 e. The summed E-state index contributed by atoms with van der Waals surface area (Å²) >= 11 is 0. The van der Waals surface area contributed by atoms with Crippen LogP contribution < -0.4 is 0 Å². The molecule has 0 aliphatic heterocycles. The Morgan fingerprint density at radius 2 is 0.683 bits per heavy atom. The molecule has 0 aliphatic carbocycles. The second kappa shape index (κ2) is 13.8. The Morgan fingerprint density at radius 3 is 1.27 bits per heavy atom. The molecule has 60 heavy (non-hydrogen) atoms. The average Bonchev–Trinajstić information content (AvgIpc) is 3.83. The molecular formula is C55H35N5. The maximum absolute atomic E-state index is 5.10. The van der Waals surface area contributed by atoms with E-state index in [9.17, 15) is 0 Å². The maximum atomic E-state index is 5.10. The monoisotopic (exact) mass is 765 g/mol. The minimum absolute atomic E-state index is 0.626. The molecule has 0 unspecified atom stereocenters. The summed E-state index contributed by atoms with van der Waals surface area (Å²) in [5, 5.41) is 7.33. The van der Waals surface area contributed by atoms with Gasteiger partial charge in [0.05, 0.1) is 22.1 Å². The van der Waals surface area contributed by atoms with Crippen LogP contribution in [-0.2, 0) is 0 Å². The second-order valence-electron chi connectivity index (χ2n) is 15.3. The van der Waals surface area contributed by atoms with Crippen LogP contribution in [0.3, 0.4) is 0 Å². The molecule has 5 heteroatoms. The van der Waals surface area contributed by atoms with Crippen LogP contribution in [0.15, 0.2) is 212 Å². The van der Waals surface area contributed by atoms with Gasteiger partial charge in [0.25, 0.3) is 0 Å². The number of para-hydroxylation sites is 3. The van der Waals surface area contributed by atoms with E-state index in [1.54, 1.807) is 0 Å². The van der Waals surface area contributed by atoms with Gasteiger partial charge in [-0.1, -0.05) is 152 Å². The van der Waals surface area contributed by atoms with Crippen LogP contribution in [0.25, 0.3) is 111 Å². The average molecular weight is 766 g/mol. The van der Waals surface area contributed by atoms with Gasteiger partial charge in [0, 0.05) is 49.6 Å². The Bertz CT molecular complexity index is 3560. The summed E-state index contributed by atoms with van der Waals surface area (Å²) in [7, 11) is 0. The highest BCUT2D eigenvalue weighted by Gasteiger charge is 2.19. The molecule has 0 saturated carbocycles. The zero-order valence-electron chi connectivity index (χ0n) is 32.4. The lowest BCUT2D eigenvalue weighted by Crippen LogP contribution is -2.00. The molecule has 0 saturated heterocycles. The number of fused-ring (bicyclic) bond motifs is 7. The Balaban J connectivity index is 0.979. The summed E-state index contributed by atoms with van der Waals surface area (Å²) < 4.78 is 4.77. The maximum Gasteiger partial charge on any atom is 0.164 e. The number of hydrogen-bond donors (Lipinski definition) is 0. The van der Waals surface area contributed by atoms with Crippen LogP contribution in [0.5, 0.6) is 0 Å². The van der Waals surface area contributed by atoms with Crippen molar-refractivity contribution in [1.29, 1.82) is 0 Å². The number of rotatable bonds is 6. The molecule has 5 nitrogen and oxygen atoms in total. The third-order valence-corrected chi connectivity index (χ3v) is 11.8. The van der Waals surface area contributed by atoms with Crippen LogP contribution in [0.2, 0.25) is 0 Å². The van der Waals surface area contributed by atoms with Gasteiger partial charge in [0.1, 0.15) is 0 Å². The third-order valence-electron chi connectivity index (χ3n) is 11.8. The minimum Gasteiger partial charge on any atom is -0.309 e. The molecule has 0 N–H and O–H groups in total. The lowest BCUT2D eigenvalue weighted by Gasteiger charge is -2.11. The van der Waals surface area contributed by atoms with Gasteiger partial charge < -0.3 is 9.13 Å². The van der Waals surface area contributed by atoms with Gasteiger partial charge in [-0.15, -0.1) is 0 Å². The van der Waals surface area contributed by atoms with Crippen LogP contribution in [-0.4, -0.2) is 24.1 Å². The van der Waals surface area contributed by atoms with Gasteiger partial charge in [-0.25, -0.2) is 15.0 Å². The topological polar surface area (TPSA) is 48.5 Å². The highest BCUT2D eigenvalue weighted by molar-refractivity contribution is 6.19. The Kier molecular flexibility index (Phi) is 7.78. The number of nitrogens with zero attached hydrogens (tertiary/aromatic N) is 5. The van der Waals surface area contributed by atoms with Crippen molar-refractivity contribution in [3.05, 3.63) is 212 Å². The fourth-order valence-corrected chi connectivity index (χ4v) is 8.95. The van der Waals surface area contributed by atoms with E-state index in [0.717, 1.165) is 44.7 Å². The molecule has 3 aromatic heterocycles. The molecule has 0 radical (unpaired) electrons. The van der Waals surface area contributed by atoms with Crippen LogP contribution in [0, 0.1) is 0 Å². The van der Waals surface area contributed by atoms with Gasteiger partial charge in [-0.2, -0.15) is 0 Å². The minimum atomic E-state index is 0.626. The summed E-state index contributed by atoms with van der Waals surface area (Å²) in [4.78, 5) is 15.2. The van der Waals surface area contributed by atoms with Crippen molar-refractivity contribution >= 4 is 54.4 Å². The van der Waals surface area contributed by atoms with Crippen LogP contribution in [0.1, 0.15) is 0 Å². The first-order chi connectivity index (χ1) is 29.7. The molecule has 0 spiro atoms. The Morgan fingerprint density at radius 1 is 0.267 bits per heavy atom. The van der Waals surface area contributed by atoms with E-state index in [1.165, 1.54) is 48.9 Å². The van der Waals surface area contributed by atoms with Crippen molar-refractivity contribution in [2.45, 2.75) is 0 Å². The lowest BCUT2D eigenvalue weighted by atomic mass is 9.97. The largest absolute Gasteiger partial charge is 0.309 e. The molecule has 9 aromatic carbocycles. The summed E-state index contributed by atoms with van der Waals surface area (Å²) in [6, 6.07) is 75.1. The fraction of sp³-hybridized carbons (Fsp3) is 0. The first-order valence-corrected chi connectivity index (χ1v) is 20.3. The predicted molar refractivity (Wildman–Crippen MR) is 248 cm³/mol. The van der Waals surface area contributed by atoms with Gasteiger partial charge in [-0.3, -0.25) is 0 Å². The lowest BCUT2D eigenvalue weighted by molar-refractivity contribution is 1.07. The molecule has 12 rings (SSSR count). The van der Waals surface area contributed by atoms with Crippen molar-refractivity contribution in [1.82, 2.24) is 24.1 Å². The standard InChI is InChI=1S/C55H35N5/c1-3-15-38(16-4-1)53-56-54(39-28-26-37(27-29-39)44-23-13-17-36-14-7-8-20-43(36)44)58-55(57-53)40-30-32-42(33-31-40)60-50-25-12-10-22-46(50)48-34-51-47(35-52(48)60)45-21-9-11-24-49(45)59(51)41-18-5-2-6-19-41/h1-35H. The zero-order chi connectivity index (χ0) is 39.6. The SMILES string of the molecule is c1ccc(-c2nc(-c3ccc(-c4cccc5ccccc45)cc3)nc(-c3ccc(-n4c5ccccc5c5cc6c(cc54)c4ccccc4n6-c4ccccc4)cc3)n2)cc1. The first-order valence-electron chi connectivity index (χ1n) is 20.3. The van der Waals surface area contributed by atoms with Crippen LogP contribution in [0.4, 0.5) is 0 Å². The molecule has 0 bridgehead atoms. The summed E-state index contributed by atoms with van der Waals surface area (Å²) in [6.45, 7) is 0. The van der Waals surface area contributed by atoms with Crippen LogP contribution >= 0.6 is 0 Å². The molecule has 0 aliphatic rings. The summed E-state index contributed by atoms with van der Waals surface area (Å²) in [5.74, 6) is 1.90. The van der Waals surface area contributed by atoms with Gasteiger partial charge in [-0.05, 0) is 82.6 Å². The number of benzene rings is 9. The van der Waals surface area contributed by atoms with Crippen molar-refractivity contribution in [3.8, 4) is 56.7 Å². The molecule has 0 atom stereocenters. The van der Waals surface area contributed by atoms with Gasteiger partial charge >= 0.3 is 0 Å². The van der Waals surface area contributed by atoms with Crippen molar-refractivity contribution in [2.75, 3.05) is 0 Å². The summed E-state index contributed by atoms with van der Waals surface area (Å²) in [6.07, 6.45) is 0. The second-order valence-corrected chi connectivity index (χ2v) is 15.3. The van der Waals surface area contributed by atoms with E-state index in [1.807, 2.05) is 30.3 Å². The molecule has 3 heterocycles. The van der Waals surface area contributed by atoms with E-state index in [0.29, 0.717) is 17.5 Å². The zero-order valence-corrected chi connectivity index (χ0v) is 32.4. The summed E-state index contributed by atoms with van der Waals surface area (Å²) in [5.41, 5.74) is 12.1. The Hall–Kier alpha value is -8.15. The normalized spacial score (nSPS) is 11.7. The first kappa shape index (κ1) is 33.9. The quantitative estimate of drug-likeness (QED) is 0.169. The molecule has 0 fully saturated rings. The van der Waals surface area contributed by atoms with E-state index < -0.39 is 0 Å². The fourth-order valence-electron chi connectivity index (χ4n) is 8.95. The van der Waals surface area contributed by atoms with E-state index >= 15 is 0 Å². The number of aromatic nitrogens is 5. The van der Waals surface area contributed by atoms with Gasteiger partial charge in [0.15, 0.2) is 17.5 Å². The molecule has 0 amide bonds.